The Bertz CT molecular complexity index is 317. The van der Waals surface area contributed by atoms with Gasteiger partial charge in [-0.3, -0.25) is 4.79 Å². The first-order valence-electron chi connectivity index (χ1n) is 8.12. The summed E-state index contributed by atoms with van der Waals surface area (Å²) < 4.78 is 14.2. The number of esters is 1. The average molecular weight is 333 g/mol. The van der Waals surface area contributed by atoms with Gasteiger partial charge in [-0.05, 0) is 52.4 Å². The number of carbonyl (C=O) groups is 2. The van der Waals surface area contributed by atoms with Crippen LogP contribution >= 0.6 is 0 Å². The van der Waals surface area contributed by atoms with Crippen molar-refractivity contribution < 1.29 is 23.8 Å². The van der Waals surface area contributed by atoms with E-state index in [1.165, 1.54) is 39.7 Å². The molecule has 0 spiro atoms. The van der Waals surface area contributed by atoms with E-state index in [-0.39, 0.29) is 5.97 Å². The Morgan fingerprint density at radius 1 is 1.30 bits per heavy atom. The first-order chi connectivity index (χ1) is 10.5. The smallest absolute Gasteiger partial charge is 0.405 e. The zero-order valence-corrected chi connectivity index (χ0v) is 15.8. The maximum atomic E-state index is 10.0. The number of carbonyl (C=O) groups excluding carboxylic acids is 2. The van der Waals surface area contributed by atoms with Crippen molar-refractivity contribution in [2.45, 2.75) is 78.9 Å². The fourth-order valence-corrected chi connectivity index (χ4v) is 1.69. The molecule has 23 heavy (non-hydrogen) atoms. The fourth-order valence-electron chi connectivity index (χ4n) is 1.69. The second-order valence-electron chi connectivity index (χ2n) is 6.84. The highest BCUT2D eigenvalue weighted by molar-refractivity contribution is 5.65. The summed E-state index contributed by atoms with van der Waals surface area (Å²) in [6.45, 7) is 12.2. The standard InChI is InChI=1S/C9H18O.C5H11NO2.C3H6O2/c1-8(2)5-6-9-4-3-7-10-9;1-5(2,3)8-4(6)7;1-3(4)5-2/h8-9H,3-7H2,1-2H3;1-3H3,(H2,6,7);1-2H3. The zero-order valence-electron chi connectivity index (χ0n) is 15.8. The van der Waals surface area contributed by atoms with Gasteiger partial charge in [-0.1, -0.05) is 13.8 Å². The number of rotatable bonds is 3. The first kappa shape index (κ1) is 24.0. The van der Waals surface area contributed by atoms with Gasteiger partial charge in [0.2, 0.25) is 0 Å². The summed E-state index contributed by atoms with van der Waals surface area (Å²) in [5.41, 5.74) is 4.26. The fraction of sp³-hybridized carbons (Fsp3) is 0.882. The van der Waals surface area contributed by atoms with Crippen molar-refractivity contribution in [1.82, 2.24) is 0 Å². The van der Waals surface area contributed by atoms with Crippen molar-refractivity contribution in [2.75, 3.05) is 13.7 Å². The van der Waals surface area contributed by atoms with E-state index in [0.29, 0.717) is 6.10 Å². The van der Waals surface area contributed by atoms with Gasteiger partial charge in [0, 0.05) is 13.5 Å². The molecule has 0 aromatic rings. The van der Waals surface area contributed by atoms with Crippen LogP contribution in [0.25, 0.3) is 0 Å². The van der Waals surface area contributed by atoms with Crippen LogP contribution in [0, 0.1) is 5.92 Å². The minimum absolute atomic E-state index is 0.245. The highest BCUT2D eigenvalue weighted by Gasteiger charge is 2.15. The zero-order chi connectivity index (χ0) is 18.5. The average Bonchev–Trinajstić information content (AvgIpc) is 2.87. The summed E-state index contributed by atoms with van der Waals surface area (Å²) in [5.74, 6) is 0.592. The molecule has 1 saturated heterocycles. The van der Waals surface area contributed by atoms with E-state index in [0.717, 1.165) is 12.5 Å². The Balaban J connectivity index is 0. The van der Waals surface area contributed by atoms with Crippen molar-refractivity contribution in [2.24, 2.45) is 11.7 Å². The molecule has 6 heteroatoms. The maximum absolute atomic E-state index is 10.0. The molecule has 1 unspecified atom stereocenters. The van der Waals surface area contributed by atoms with E-state index in [1.54, 1.807) is 20.8 Å². The van der Waals surface area contributed by atoms with Crippen LogP contribution in [-0.4, -0.2) is 37.5 Å². The molecule has 0 bridgehead atoms. The molecule has 1 amide bonds. The van der Waals surface area contributed by atoms with Gasteiger partial charge >= 0.3 is 12.1 Å². The van der Waals surface area contributed by atoms with Gasteiger partial charge in [0.15, 0.2) is 0 Å². The molecular formula is C17H35NO5. The Labute approximate surface area is 141 Å². The third kappa shape index (κ3) is 23.1. The normalized spacial score (nSPS) is 16.6. The molecule has 1 aliphatic rings. The highest BCUT2D eigenvalue weighted by atomic mass is 16.6. The molecule has 1 aliphatic heterocycles. The van der Waals surface area contributed by atoms with Crippen molar-refractivity contribution in [3.8, 4) is 0 Å². The van der Waals surface area contributed by atoms with Gasteiger partial charge in [-0.15, -0.1) is 0 Å². The van der Waals surface area contributed by atoms with Crippen LogP contribution in [0.15, 0.2) is 0 Å². The molecular weight excluding hydrogens is 298 g/mol. The lowest BCUT2D eigenvalue weighted by Crippen LogP contribution is -2.27. The van der Waals surface area contributed by atoms with Crippen LogP contribution in [0.2, 0.25) is 0 Å². The number of ether oxygens (including phenoxy) is 3. The first-order valence-corrected chi connectivity index (χ1v) is 8.12. The summed E-state index contributed by atoms with van der Waals surface area (Å²) in [6.07, 6.45) is 5.05. The Morgan fingerprint density at radius 3 is 2.04 bits per heavy atom. The topological polar surface area (TPSA) is 87.8 Å². The summed E-state index contributed by atoms with van der Waals surface area (Å²) in [4.78, 5) is 19.6. The predicted molar refractivity (Wildman–Crippen MR) is 91.2 cm³/mol. The largest absolute Gasteiger partial charge is 0.469 e. The molecule has 0 saturated carbocycles. The molecule has 0 aromatic carbocycles. The molecule has 2 N–H and O–H groups in total. The van der Waals surface area contributed by atoms with E-state index in [9.17, 15) is 9.59 Å². The summed E-state index contributed by atoms with van der Waals surface area (Å²) >= 11 is 0. The van der Waals surface area contributed by atoms with E-state index < -0.39 is 11.7 Å². The molecule has 0 aliphatic carbocycles. The monoisotopic (exact) mass is 333 g/mol. The second kappa shape index (κ2) is 13.2. The molecule has 6 nitrogen and oxygen atoms in total. The lowest BCUT2D eigenvalue weighted by atomic mass is 10.0. The molecule has 138 valence electrons. The number of amides is 1. The lowest BCUT2D eigenvalue weighted by molar-refractivity contribution is -0.137. The van der Waals surface area contributed by atoms with Gasteiger partial charge in [-0.25, -0.2) is 4.79 Å². The van der Waals surface area contributed by atoms with E-state index in [1.807, 2.05) is 0 Å². The van der Waals surface area contributed by atoms with Gasteiger partial charge in [0.05, 0.1) is 13.2 Å². The van der Waals surface area contributed by atoms with E-state index in [4.69, 9.17) is 10.5 Å². The van der Waals surface area contributed by atoms with Crippen LogP contribution in [0.3, 0.4) is 0 Å². The molecule has 1 rings (SSSR count). The molecule has 1 heterocycles. The number of nitrogens with two attached hydrogens (primary N) is 1. The minimum Gasteiger partial charge on any atom is -0.469 e. The molecule has 0 radical (unpaired) electrons. The van der Waals surface area contributed by atoms with Crippen molar-refractivity contribution >= 4 is 12.1 Å². The van der Waals surface area contributed by atoms with Crippen molar-refractivity contribution in [3.63, 3.8) is 0 Å². The number of hydrogen-bond donors (Lipinski definition) is 1. The SMILES string of the molecule is CC(C)(C)OC(N)=O.CC(C)CCC1CCCO1.COC(C)=O. The Morgan fingerprint density at radius 2 is 1.83 bits per heavy atom. The van der Waals surface area contributed by atoms with Crippen molar-refractivity contribution in [1.29, 1.82) is 0 Å². The summed E-state index contributed by atoms with van der Waals surface area (Å²) in [6, 6.07) is 0. The van der Waals surface area contributed by atoms with Crippen LogP contribution in [0.5, 0.6) is 0 Å². The van der Waals surface area contributed by atoms with Gasteiger partial charge in [-0.2, -0.15) is 0 Å². The van der Waals surface area contributed by atoms with Crippen molar-refractivity contribution in [3.05, 3.63) is 0 Å². The Kier molecular flexibility index (Phi) is 13.7. The van der Waals surface area contributed by atoms with E-state index in [2.05, 4.69) is 23.3 Å². The van der Waals surface area contributed by atoms with Crippen LogP contribution in [-0.2, 0) is 19.0 Å². The quantitative estimate of drug-likeness (QED) is 0.796. The van der Waals surface area contributed by atoms with Gasteiger partial charge in [0.1, 0.15) is 5.60 Å². The predicted octanol–water partition coefficient (Wildman–Crippen LogP) is 3.66. The van der Waals surface area contributed by atoms with Gasteiger partial charge < -0.3 is 19.9 Å². The van der Waals surface area contributed by atoms with Crippen LogP contribution in [0.1, 0.15) is 67.2 Å². The number of primary amides is 1. The van der Waals surface area contributed by atoms with Crippen LogP contribution in [0.4, 0.5) is 4.79 Å². The minimum atomic E-state index is -0.725. The Hall–Kier alpha value is -1.30. The molecule has 1 fully saturated rings. The lowest BCUT2D eigenvalue weighted by Gasteiger charge is -2.16. The second-order valence-corrected chi connectivity index (χ2v) is 6.84. The number of hydrogen-bond acceptors (Lipinski definition) is 5. The summed E-state index contributed by atoms with van der Waals surface area (Å²) in [5, 5.41) is 0. The third-order valence-corrected chi connectivity index (χ3v) is 2.78. The summed E-state index contributed by atoms with van der Waals surface area (Å²) in [7, 11) is 1.35. The molecule has 0 aromatic heterocycles. The van der Waals surface area contributed by atoms with E-state index >= 15 is 0 Å². The maximum Gasteiger partial charge on any atom is 0.405 e. The van der Waals surface area contributed by atoms with Crippen LogP contribution < -0.4 is 5.73 Å². The highest BCUT2D eigenvalue weighted by Crippen LogP contribution is 2.18. The number of methoxy groups -OCH3 is 1. The van der Waals surface area contributed by atoms with Gasteiger partial charge in [0.25, 0.3) is 0 Å². The third-order valence-electron chi connectivity index (χ3n) is 2.78. The molecule has 1 atom stereocenters.